The zero-order valence-electron chi connectivity index (χ0n) is 12.5. The maximum atomic E-state index is 11.0. The minimum atomic E-state index is -0.779. The van der Waals surface area contributed by atoms with E-state index in [0.29, 0.717) is 19.5 Å². The molecule has 1 rings (SSSR count). The number of hydrogen-bond acceptors (Lipinski definition) is 4. The minimum absolute atomic E-state index is 0.564. The van der Waals surface area contributed by atoms with Crippen LogP contribution in [0, 0.1) is 5.41 Å². The van der Waals surface area contributed by atoms with Crippen LogP contribution < -0.4 is 14.8 Å². The molecule has 0 bridgehead atoms. The van der Waals surface area contributed by atoms with Gasteiger partial charge in [0.05, 0.1) is 19.6 Å². The number of methoxy groups -OCH3 is 2. The van der Waals surface area contributed by atoms with Gasteiger partial charge in [0.15, 0.2) is 0 Å². The standard InChI is InChI=1S/C15H23NO4/c1-15(2,14(17)18)7-8-16-10-11-9-12(19-3)5-6-13(11)20-4/h5-6,9,16H,7-8,10H2,1-4H3,(H,17,18). The minimum Gasteiger partial charge on any atom is -0.497 e. The summed E-state index contributed by atoms with van der Waals surface area (Å²) < 4.78 is 10.5. The van der Waals surface area contributed by atoms with E-state index >= 15 is 0 Å². The molecule has 1 aromatic rings. The van der Waals surface area contributed by atoms with Crippen molar-refractivity contribution in [2.45, 2.75) is 26.8 Å². The van der Waals surface area contributed by atoms with E-state index in [1.807, 2.05) is 18.2 Å². The Balaban J connectivity index is 2.55. The van der Waals surface area contributed by atoms with Crippen molar-refractivity contribution in [3.8, 4) is 11.5 Å². The molecule has 0 radical (unpaired) electrons. The number of ether oxygens (including phenoxy) is 2. The van der Waals surface area contributed by atoms with Gasteiger partial charge in [0.2, 0.25) is 0 Å². The van der Waals surface area contributed by atoms with Gasteiger partial charge in [-0.3, -0.25) is 4.79 Å². The van der Waals surface area contributed by atoms with Gasteiger partial charge in [0, 0.05) is 12.1 Å². The molecule has 5 nitrogen and oxygen atoms in total. The average Bonchev–Trinajstić information content (AvgIpc) is 2.43. The first-order valence-corrected chi connectivity index (χ1v) is 6.55. The van der Waals surface area contributed by atoms with Gasteiger partial charge >= 0.3 is 5.97 Å². The Morgan fingerprint density at radius 2 is 2.00 bits per heavy atom. The van der Waals surface area contributed by atoms with Crippen molar-refractivity contribution in [1.29, 1.82) is 0 Å². The molecule has 0 spiro atoms. The van der Waals surface area contributed by atoms with Crippen LogP contribution in [0.1, 0.15) is 25.8 Å². The third kappa shape index (κ3) is 4.42. The summed E-state index contributed by atoms with van der Waals surface area (Å²) in [5.41, 5.74) is 0.269. The van der Waals surface area contributed by atoms with Crippen LogP contribution >= 0.6 is 0 Å². The third-order valence-corrected chi connectivity index (χ3v) is 3.31. The predicted molar refractivity (Wildman–Crippen MR) is 77.3 cm³/mol. The van der Waals surface area contributed by atoms with E-state index < -0.39 is 11.4 Å². The van der Waals surface area contributed by atoms with E-state index in [2.05, 4.69) is 5.32 Å². The van der Waals surface area contributed by atoms with E-state index in [1.165, 1.54) is 0 Å². The number of rotatable bonds is 8. The summed E-state index contributed by atoms with van der Waals surface area (Å²) >= 11 is 0. The van der Waals surface area contributed by atoms with Crippen molar-refractivity contribution in [3.05, 3.63) is 23.8 Å². The highest BCUT2D eigenvalue weighted by Gasteiger charge is 2.26. The molecular formula is C15H23NO4. The largest absolute Gasteiger partial charge is 0.497 e. The van der Waals surface area contributed by atoms with Gasteiger partial charge in [-0.1, -0.05) is 0 Å². The molecule has 1 aromatic carbocycles. The Hall–Kier alpha value is -1.75. The lowest BCUT2D eigenvalue weighted by atomic mass is 9.90. The average molecular weight is 281 g/mol. The lowest BCUT2D eigenvalue weighted by molar-refractivity contribution is -0.147. The molecule has 5 heteroatoms. The summed E-state index contributed by atoms with van der Waals surface area (Å²) in [5.74, 6) is 0.780. The van der Waals surface area contributed by atoms with Gasteiger partial charge in [-0.25, -0.2) is 0 Å². The zero-order chi connectivity index (χ0) is 15.2. The quantitative estimate of drug-likeness (QED) is 0.716. The second kappa shape index (κ2) is 7.14. The molecule has 0 unspecified atom stereocenters. The number of carboxylic acid groups (broad SMARTS) is 1. The topological polar surface area (TPSA) is 67.8 Å². The van der Waals surface area contributed by atoms with Crippen molar-refractivity contribution in [2.75, 3.05) is 20.8 Å². The highest BCUT2D eigenvalue weighted by atomic mass is 16.5. The van der Waals surface area contributed by atoms with Gasteiger partial charge in [0.1, 0.15) is 11.5 Å². The molecular weight excluding hydrogens is 258 g/mol. The summed E-state index contributed by atoms with van der Waals surface area (Å²) in [6, 6.07) is 5.61. The van der Waals surface area contributed by atoms with E-state index in [0.717, 1.165) is 17.1 Å². The molecule has 0 atom stereocenters. The third-order valence-electron chi connectivity index (χ3n) is 3.31. The van der Waals surface area contributed by atoms with Crippen LogP contribution in [0.5, 0.6) is 11.5 Å². The highest BCUT2D eigenvalue weighted by molar-refractivity contribution is 5.73. The number of nitrogens with one attached hydrogen (secondary N) is 1. The Morgan fingerprint density at radius 1 is 1.30 bits per heavy atom. The fraction of sp³-hybridized carbons (Fsp3) is 0.533. The monoisotopic (exact) mass is 281 g/mol. The Kier molecular flexibility index (Phi) is 5.82. The predicted octanol–water partition coefficient (Wildman–Crippen LogP) is 2.29. The van der Waals surface area contributed by atoms with Crippen molar-refractivity contribution in [3.63, 3.8) is 0 Å². The fourth-order valence-electron chi connectivity index (χ4n) is 1.75. The summed E-state index contributed by atoms with van der Waals surface area (Å²) in [6.07, 6.45) is 0.564. The zero-order valence-corrected chi connectivity index (χ0v) is 12.5. The number of aliphatic carboxylic acids is 1. The summed E-state index contributed by atoms with van der Waals surface area (Å²) in [5, 5.41) is 12.3. The van der Waals surface area contributed by atoms with Crippen LogP contribution in [0.25, 0.3) is 0 Å². The van der Waals surface area contributed by atoms with E-state index in [4.69, 9.17) is 14.6 Å². The molecule has 0 fully saturated rings. The summed E-state index contributed by atoms with van der Waals surface area (Å²) in [7, 11) is 3.24. The summed E-state index contributed by atoms with van der Waals surface area (Å²) in [6.45, 7) is 4.68. The molecule has 0 aliphatic rings. The lowest BCUT2D eigenvalue weighted by Gasteiger charge is -2.19. The van der Waals surface area contributed by atoms with Gasteiger partial charge < -0.3 is 19.9 Å². The van der Waals surface area contributed by atoms with Crippen molar-refractivity contribution in [2.24, 2.45) is 5.41 Å². The normalized spacial score (nSPS) is 11.2. The first-order valence-electron chi connectivity index (χ1n) is 6.55. The van der Waals surface area contributed by atoms with Crippen molar-refractivity contribution >= 4 is 5.97 Å². The molecule has 0 amide bonds. The Morgan fingerprint density at radius 3 is 2.55 bits per heavy atom. The molecule has 112 valence electrons. The van der Waals surface area contributed by atoms with Crippen LogP contribution in [0.2, 0.25) is 0 Å². The highest BCUT2D eigenvalue weighted by Crippen LogP contribution is 2.24. The molecule has 20 heavy (non-hydrogen) atoms. The first kappa shape index (κ1) is 16.3. The molecule has 0 saturated heterocycles. The van der Waals surface area contributed by atoms with Gasteiger partial charge in [-0.05, 0) is 45.0 Å². The SMILES string of the molecule is COc1ccc(OC)c(CNCCC(C)(C)C(=O)O)c1. The summed E-state index contributed by atoms with van der Waals surface area (Å²) in [4.78, 5) is 11.0. The molecule has 0 saturated carbocycles. The smallest absolute Gasteiger partial charge is 0.309 e. The maximum absolute atomic E-state index is 11.0. The van der Waals surface area contributed by atoms with Crippen molar-refractivity contribution in [1.82, 2.24) is 5.32 Å². The lowest BCUT2D eigenvalue weighted by Crippen LogP contribution is -2.28. The Labute approximate surface area is 119 Å². The number of carbonyl (C=O) groups is 1. The second-order valence-corrected chi connectivity index (χ2v) is 5.29. The van der Waals surface area contributed by atoms with Crippen molar-refractivity contribution < 1.29 is 19.4 Å². The molecule has 0 heterocycles. The maximum Gasteiger partial charge on any atom is 0.309 e. The van der Waals surface area contributed by atoms with Crippen LogP contribution in [-0.4, -0.2) is 31.8 Å². The fourth-order valence-corrected chi connectivity index (χ4v) is 1.75. The van der Waals surface area contributed by atoms with E-state index in [-0.39, 0.29) is 0 Å². The van der Waals surface area contributed by atoms with E-state index in [1.54, 1.807) is 28.1 Å². The molecule has 0 aliphatic carbocycles. The second-order valence-electron chi connectivity index (χ2n) is 5.29. The molecule has 0 aromatic heterocycles. The number of benzene rings is 1. The van der Waals surface area contributed by atoms with Crippen LogP contribution in [-0.2, 0) is 11.3 Å². The Bertz CT molecular complexity index is 457. The van der Waals surface area contributed by atoms with Gasteiger partial charge in [0.25, 0.3) is 0 Å². The number of hydrogen-bond donors (Lipinski definition) is 2. The molecule has 2 N–H and O–H groups in total. The van der Waals surface area contributed by atoms with Crippen LogP contribution in [0.3, 0.4) is 0 Å². The van der Waals surface area contributed by atoms with Crippen LogP contribution in [0.15, 0.2) is 18.2 Å². The first-order chi connectivity index (χ1) is 9.40. The van der Waals surface area contributed by atoms with Crippen LogP contribution in [0.4, 0.5) is 0 Å². The molecule has 0 aliphatic heterocycles. The van der Waals surface area contributed by atoms with Gasteiger partial charge in [-0.2, -0.15) is 0 Å². The van der Waals surface area contributed by atoms with E-state index in [9.17, 15) is 4.79 Å². The van der Waals surface area contributed by atoms with Gasteiger partial charge in [-0.15, -0.1) is 0 Å². The number of carboxylic acids is 1.